The summed E-state index contributed by atoms with van der Waals surface area (Å²) < 4.78 is 0. The first-order valence-corrected chi connectivity index (χ1v) is 7.26. The van der Waals surface area contributed by atoms with Gasteiger partial charge in [-0.25, -0.2) is 4.79 Å². The predicted molar refractivity (Wildman–Crippen MR) is 84.8 cm³/mol. The summed E-state index contributed by atoms with van der Waals surface area (Å²) in [5.41, 5.74) is 2.99. The second-order valence-corrected chi connectivity index (χ2v) is 5.21. The summed E-state index contributed by atoms with van der Waals surface area (Å²) >= 11 is 0. The van der Waals surface area contributed by atoms with E-state index in [0.717, 1.165) is 24.0 Å². The van der Waals surface area contributed by atoms with Gasteiger partial charge in [0.05, 0.1) is 5.56 Å². The van der Waals surface area contributed by atoms with E-state index < -0.39 is 5.97 Å². The Morgan fingerprint density at radius 2 is 1.62 bits per heavy atom. The molecule has 0 aliphatic rings. The molecule has 0 radical (unpaired) electrons. The lowest BCUT2D eigenvalue weighted by Gasteiger charge is -2.15. The van der Waals surface area contributed by atoms with Crippen molar-refractivity contribution in [3.63, 3.8) is 0 Å². The molecule has 0 unspecified atom stereocenters. The van der Waals surface area contributed by atoms with Crippen LogP contribution in [-0.4, -0.2) is 17.0 Å². The minimum atomic E-state index is -0.903. The maximum atomic E-state index is 11.7. The van der Waals surface area contributed by atoms with Crippen molar-refractivity contribution in [1.82, 2.24) is 0 Å². The molecule has 0 aromatic heterocycles. The fraction of sp³-hybridized carbons (Fsp3) is 0.412. The molecule has 114 valence electrons. The number of rotatable bonds is 7. The number of hydrogen-bond acceptors (Lipinski definition) is 2. The van der Waals surface area contributed by atoms with Crippen LogP contribution in [0.3, 0.4) is 0 Å². The summed E-state index contributed by atoms with van der Waals surface area (Å²) in [4.78, 5) is 23.3. The van der Waals surface area contributed by atoms with Crippen LogP contribution < -0.4 is 5.32 Å². The number of anilines is 1. The molecule has 1 amide bonds. The molecule has 2 N–H and O–H groups in total. The molecule has 0 spiro atoms. The van der Waals surface area contributed by atoms with Gasteiger partial charge in [0, 0.05) is 11.3 Å². The van der Waals surface area contributed by atoms with Gasteiger partial charge < -0.3 is 10.4 Å². The van der Waals surface area contributed by atoms with Gasteiger partial charge >= 0.3 is 5.97 Å². The molecule has 4 nitrogen and oxygen atoms in total. The zero-order chi connectivity index (χ0) is 16.0. The van der Waals surface area contributed by atoms with E-state index in [0.29, 0.717) is 29.7 Å². The standard InChI is InChI=1S/C17H23NO3/c1-5-7-12-9-14(18-16(19)11(3)4)10-13(8-6-2)15(12)17(20)21/h9-10H,3,5-8H2,1-2,4H3,(H,18,19)(H,20,21). The van der Waals surface area contributed by atoms with Gasteiger partial charge in [-0.1, -0.05) is 33.3 Å². The molecule has 4 heteroatoms. The molecule has 1 aromatic rings. The summed E-state index contributed by atoms with van der Waals surface area (Å²) in [7, 11) is 0. The van der Waals surface area contributed by atoms with Crippen LogP contribution in [-0.2, 0) is 17.6 Å². The third-order valence-electron chi connectivity index (χ3n) is 3.20. The molecule has 0 saturated heterocycles. The molecular weight excluding hydrogens is 266 g/mol. The van der Waals surface area contributed by atoms with E-state index in [2.05, 4.69) is 11.9 Å². The molecule has 0 aliphatic carbocycles. The Balaban J connectivity index is 3.31. The zero-order valence-electron chi connectivity index (χ0n) is 13.0. The summed E-state index contributed by atoms with van der Waals surface area (Å²) in [6, 6.07) is 3.51. The van der Waals surface area contributed by atoms with Crippen molar-refractivity contribution in [2.75, 3.05) is 5.32 Å². The Labute approximate surface area is 125 Å². The van der Waals surface area contributed by atoms with Crippen LogP contribution in [0, 0.1) is 0 Å². The topological polar surface area (TPSA) is 66.4 Å². The van der Waals surface area contributed by atoms with Crippen LogP contribution in [0.25, 0.3) is 0 Å². The van der Waals surface area contributed by atoms with E-state index in [1.54, 1.807) is 19.1 Å². The number of carboxylic acid groups (broad SMARTS) is 1. The largest absolute Gasteiger partial charge is 0.478 e. The smallest absolute Gasteiger partial charge is 0.336 e. The number of carbonyl (C=O) groups excluding carboxylic acids is 1. The Morgan fingerprint density at radius 1 is 1.14 bits per heavy atom. The zero-order valence-corrected chi connectivity index (χ0v) is 13.0. The van der Waals surface area contributed by atoms with E-state index in [9.17, 15) is 14.7 Å². The van der Waals surface area contributed by atoms with Gasteiger partial charge in [0.1, 0.15) is 0 Å². The lowest BCUT2D eigenvalue weighted by molar-refractivity contribution is -0.112. The van der Waals surface area contributed by atoms with Crippen LogP contribution in [0.1, 0.15) is 55.1 Å². The average Bonchev–Trinajstić information content (AvgIpc) is 2.38. The van der Waals surface area contributed by atoms with E-state index in [4.69, 9.17) is 0 Å². The summed E-state index contributed by atoms with van der Waals surface area (Å²) in [6.07, 6.45) is 3.05. The van der Waals surface area contributed by atoms with Gasteiger partial charge in [0.2, 0.25) is 0 Å². The van der Waals surface area contributed by atoms with Gasteiger partial charge in [0.25, 0.3) is 5.91 Å². The molecule has 0 fully saturated rings. The third kappa shape index (κ3) is 4.45. The Hall–Kier alpha value is -2.10. The van der Waals surface area contributed by atoms with Gasteiger partial charge in [-0.15, -0.1) is 0 Å². The number of aryl methyl sites for hydroxylation is 2. The van der Waals surface area contributed by atoms with Crippen molar-refractivity contribution in [3.05, 3.63) is 41.0 Å². The highest BCUT2D eigenvalue weighted by Crippen LogP contribution is 2.24. The Bertz CT molecular complexity index is 534. The quantitative estimate of drug-likeness (QED) is 0.750. The fourth-order valence-corrected chi connectivity index (χ4v) is 2.29. The molecule has 0 atom stereocenters. The highest BCUT2D eigenvalue weighted by Gasteiger charge is 2.17. The number of amides is 1. The molecular formula is C17H23NO3. The molecule has 0 bridgehead atoms. The van der Waals surface area contributed by atoms with Crippen molar-refractivity contribution >= 4 is 17.6 Å². The van der Waals surface area contributed by atoms with Crippen LogP contribution in [0.4, 0.5) is 5.69 Å². The van der Waals surface area contributed by atoms with E-state index in [1.807, 2.05) is 13.8 Å². The molecule has 0 aliphatic heterocycles. The molecule has 21 heavy (non-hydrogen) atoms. The Kier molecular flexibility index (Phi) is 6.15. The maximum absolute atomic E-state index is 11.7. The average molecular weight is 289 g/mol. The highest BCUT2D eigenvalue weighted by atomic mass is 16.4. The maximum Gasteiger partial charge on any atom is 0.336 e. The first kappa shape index (κ1) is 17.0. The molecule has 1 rings (SSSR count). The van der Waals surface area contributed by atoms with Gasteiger partial charge in [-0.2, -0.15) is 0 Å². The van der Waals surface area contributed by atoms with Gasteiger partial charge in [0.15, 0.2) is 0 Å². The Morgan fingerprint density at radius 3 is 1.95 bits per heavy atom. The minimum Gasteiger partial charge on any atom is -0.478 e. The highest BCUT2D eigenvalue weighted by molar-refractivity contribution is 6.03. The second kappa shape index (κ2) is 7.62. The van der Waals surface area contributed by atoms with Crippen LogP contribution >= 0.6 is 0 Å². The third-order valence-corrected chi connectivity index (χ3v) is 3.20. The van der Waals surface area contributed by atoms with E-state index in [-0.39, 0.29) is 5.91 Å². The monoisotopic (exact) mass is 289 g/mol. The summed E-state index contributed by atoms with van der Waals surface area (Å²) in [6.45, 7) is 9.26. The number of aromatic carboxylic acids is 1. The first-order valence-electron chi connectivity index (χ1n) is 7.26. The first-order chi connectivity index (χ1) is 9.90. The van der Waals surface area contributed by atoms with Crippen LogP contribution in [0.2, 0.25) is 0 Å². The van der Waals surface area contributed by atoms with Crippen molar-refractivity contribution in [3.8, 4) is 0 Å². The second-order valence-electron chi connectivity index (χ2n) is 5.21. The van der Waals surface area contributed by atoms with Gasteiger partial charge in [-0.05, 0) is 43.0 Å². The van der Waals surface area contributed by atoms with Crippen molar-refractivity contribution in [1.29, 1.82) is 0 Å². The fourth-order valence-electron chi connectivity index (χ4n) is 2.29. The van der Waals surface area contributed by atoms with Crippen molar-refractivity contribution < 1.29 is 14.7 Å². The lowest BCUT2D eigenvalue weighted by atomic mass is 9.94. The molecule has 0 saturated carbocycles. The normalized spacial score (nSPS) is 10.2. The van der Waals surface area contributed by atoms with Crippen molar-refractivity contribution in [2.45, 2.75) is 46.5 Å². The number of carbonyl (C=O) groups is 2. The summed E-state index contributed by atoms with van der Waals surface area (Å²) in [5.74, 6) is -1.15. The van der Waals surface area contributed by atoms with Crippen LogP contribution in [0.15, 0.2) is 24.3 Å². The molecule has 0 heterocycles. The van der Waals surface area contributed by atoms with Gasteiger partial charge in [-0.3, -0.25) is 4.79 Å². The SMILES string of the molecule is C=C(C)C(=O)Nc1cc(CCC)c(C(=O)O)c(CCC)c1. The van der Waals surface area contributed by atoms with E-state index >= 15 is 0 Å². The number of hydrogen-bond donors (Lipinski definition) is 2. The predicted octanol–water partition coefficient (Wildman–Crippen LogP) is 3.80. The number of carboxylic acids is 1. The lowest BCUT2D eigenvalue weighted by Crippen LogP contribution is -2.14. The number of benzene rings is 1. The molecule has 1 aromatic carbocycles. The van der Waals surface area contributed by atoms with Crippen LogP contribution in [0.5, 0.6) is 0 Å². The summed E-state index contributed by atoms with van der Waals surface area (Å²) in [5, 5.41) is 12.2. The number of nitrogens with one attached hydrogen (secondary N) is 1. The minimum absolute atomic E-state index is 0.247. The van der Waals surface area contributed by atoms with Crippen molar-refractivity contribution in [2.24, 2.45) is 0 Å². The van der Waals surface area contributed by atoms with E-state index in [1.165, 1.54) is 0 Å².